The lowest BCUT2D eigenvalue weighted by Gasteiger charge is -2.35. The predicted octanol–water partition coefficient (Wildman–Crippen LogP) is 2.96. The summed E-state index contributed by atoms with van der Waals surface area (Å²) in [4.78, 5) is 28.8. The average molecular weight is 439 g/mol. The van der Waals surface area contributed by atoms with Crippen molar-refractivity contribution in [3.8, 4) is 5.69 Å². The van der Waals surface area contributed by atoms with Gasteiger partial charge in [-0.05, 0) is 42.5 Å². The third kappa shape index (κ3) is 3.84. The van der Waals surface area contributed by atoms with Crippen LogP contribution in [0, 0.1) is 0 Å². The summed E-state index contributed by atoms with van der Waals surface area (Å²) in [5.74, 6) is 0.772. The fourth-order valence-electron chi connectivity index (χ4n) is 3.24. The van der Waals surface area contributed by atoms with Gasteiger partial charge in [0.25, 0.3) is 11.5 Å². The average Bonchev–Trinajstić information content (AvgIpc) is 2.75. The minimum Gasteiger partial charge on any atom is -0.352 e. The lowest BCUT2D eigenvalue weighted by molar-refractivity contribution is 0.0746. The number of piperazine rings is 1. The number of para-hydroxylation sites is 1. The third-order valence-corrected chi connectivity index (χ3v) is 5.30. The maximum Gasteiger partial charge on any atom is 0.271 e. The van der Waals surface area contributed by atoms with Crippen LogP contribution in [-0.4, -0.2) is 46.8 Å². The largest absolute Gasteiger partial charge is 0.352 e. The second kappa shape index (κ2) is 7.98. The molecule has 0 radical (unpaired) electrons. The lowest BCUT2D eigenvalue weighted by Crippen LogP contribution is -2.49. The number of hydrogen-bond acceptors (Lipinski definition) is 4. The first-order valence-electron chi connectivity index (χ1n) is 9.07. The predicted molar refractivity (Wildman–Crippen MR) is 112 cm³/mol. The minimum absolute atomic E-state index is 0.0364. The maximum absolute atomic E-state index is 12.7. The molecule has 0 unspecified atom stereocenters. The van der Waals surface area contributed by atoms with Gasteiger partial charge in [-0.15, -0.1) is 5.10 Å². The van der Waals surface area contributed by atoms with Gasteiger partial charge in [0.15, 0.2) is 0 Å². The first kappa shape index (κ1) is 18.4. The van der Waals surface area contributed by atoms with Gasteiger partial charge < -0.3 is 9.80 Å². The van der Waals surface area contributed by atoms with E-state index in [0.717, 1.165) is 16.0 Å². The summed E-state index contributed by atoms with van der Waals surface area (Å²) in [6.45, 7) is 2.56. The molecular formula is C21H19BrN4O2. The van der Waals surface area contributed by atoms with Gasteiger partial charge in [-0.25, -0.2) is 0 Å². The quantitative estimate of drug-likeness (QED) is 0.630. The molecule has 0 atom stereocenters. The molecule has 0 saturated carbocycles. The molecule has 3 aromatic rings. The highest BCUT2D eigenvalue weighted by molar-refractivity contribution is 9.10. The Morgan fingerprint density at radius 2 is 1.54 bits per heavy atom. The van der Waals surface area contributed by atoms with E-state index in [1.807, 2.05) is 59.5 Å². The first-order valence-corrected chi connectivity index (χ1v) is 9.87. The summed E-state index contributed by atoms with van der Waals surface area (Å²) < 4.78 is 2.36. The van der Waals surface area contributed by atoms with Gasteiger partial charge in [0.1, 0.15) is 5.82 Å². The molecule has 142 valence electrons. The molecule has 2 heterocycles. The molecule has 1 saturated heterocycles. The Hall–Kier alpha value is -2.93. The molecule has 6 nitrogen and oxygen atoms in total. The van der Waals surface area contributed by atoms with E-state index in [1.54, 1.807) is 6.07 Å². The zero-order chi connectivity index (χ0) is 19.5. The Morgan fingerprint density at radius 1 is 0.857 bits per heavy atom. The van der Waals surface area contributed by atoms with Gasteiger partial charge in [0.05, 0.1) is 5.69 Å². The molecular weight excluding hydrogens is 420 g/mol. The number of hydrogen-bond donors (Lipinski definition) is 0. The van der Waals surface area contributed by atoms with Crippen molar-refractivity contribution < 1.29 is 4.79 Å². The van der Waals surface area contributed by atoms with E-state index in [9.17, 15) is 9.59 Å². The third-order valence-electron chi connectivity index (χ3n) is 4.77. The number of carbonyl (C=O) groups is 1. The van der Waals surface area contributed by atoms with Crippen molar-refractivity contribution in [1.82, 2.24) is 14.7 Å². The number of rotatable bonds is 3. The Labute approximate surface area is 171 Å². The van der Waals surface area contributed by atoms with Crippen LogP contribution in [0.4, 0.5) is 5.82 Å². The molecule has 1 aliphatic rings. The highest BCUT2D eigenvalue weighted by Crippen LogP contribution is 2.16. The monoisotopic (exact) mass is 438 g/mol. The number of nitrogens with zero attached hydrogens (tertiary/aromatic N) is 4. The van der Waals surface area contributed by atoms with Crippen molar-refractivity contribution >= 4 is 27.7 Å². The summed E-state index contributed by atoms with van der Waals surface area (Å²) in [6, 6.07) is 20.1. The van der Waals surface area contributed by atoms with Crippen LogP contribution in [-0.2, 0) is 0 Å². The van der Waals surface area contributed by atoms with Crippen LogP contribution in [0.15, 0.2) is 76.0 Å². The van der Waals surface area contributed by atoms with Crippen molar-refractivity contribution in [2.75, 3.05) is 31.1 Å². The summed E-state index contributed by atoms with van der Waals surface area (Å²) in [6.07, 6.45) is 0. The summed E-state index contributed by atoms with van der Waals surface area (Å²) >= 11 is 3.39. The van der Waals surface area contributed by atoms with Crippen molar-refractivity contribution in [2.45, 2.75) is 0 Å². The van der Waals surface area contributed by atoms with Gasteiger partial charge >= 0.3 is 0 Å². The minimum atomic E-state index is -0.168. The van der Waals surface area contributed by atoms with Crippen LogP contribution in [0.1, 0.15) is 10.4 Å². The van der Waals surface area contributed by atoms with Gasteiger partial charge in [-0.2, -0.15) is 4.68 Å². The standard InChI is InChI=1S/C21H19BrN4O2/c22-17-8-6-16(7-9-17)21(28)25-14-12-24(13-15-25)19-10-11-20(27)26(23-19)18-4-2-1-3-5-18/h1-11H,12-15H2. The van der Waals surface area contributed by atoms with Gasteiger partial charge in [-0.1, -0.05) is 34.1 Å². The number of benzene rings is 2. The van der Waals surface area contributed by atoms with E-state index in [1.165, 1.54) is 10.7 Å². The Bertz CT molecular complexity index is 1030. The van der Waals surface area contributed by atoms with Gasteiger partial charge in [-0.3, -0.25) is 9.59 Å². The molecule has 1 aromatic heterocycles. The van der Waals surface area contributed by atoms with E-state index in [2.05, 4.69) is 25.9 Å². The first-order chi connectivity index (χ1) is 13.6. The van der Waals surface area contributed by atoms with Crippen molar-refractivity contribution in [3.05, 3.63) is 87.1 Å². The van der Waals surface area contributed by atoms with E-state index >= 15 is 0 Å². The highest BCUT2D eigenvalue weighted by Gasteiger charge is 2.23. The normalized spacial score (nSPS) is 14.2. The summed E-state index contributed by atoms with van der Waals surface area (Å²) in [5.41, 5.74) is 1.25. The molecule has 1 fully saturated rings. The van der Waals surface area contributed by atoms with Crippen molar-refractivity contribution in [1.29, 1.82) is 0 Å². The van der Waals surface area contributed by atoms with Crippen LogP contribution in [0.2, 0.25) is 0 Å². The van der Waals surface area contributed by atoms with Crippen LogP contribution in [0.5, 0.6) is 0 Å². The molecule has 7 heteroatoms. The fraction of sp³-hybridized carbons (Fsp3) is 0.190. The molecule has 2 aromatic carbocycles. The molecule has 0 bridgehead atoms. The number of halogens is 1. The smallest absolute Gasteiger partial charge is 0.271 e. The van der Waals surface area contributed by atoms with Crippen LogP contribution < -0.4 is 10.5 Å². The second-order valence-corrected chi connectivity index (χ2v) is 7.48. The van der Waals surface area contributed by atoms with Crippen LogP contribution >= 0.6 is 15.9 Å². The lowest BCUT2D eigenvalue weighted by atomic mass is 10.2. The molecule has 4 rings (SSSR count). The second-order valence-electron chi connectivity index (χ2n) is 6.56. The molecule has 28 heavy (non-hydrogen) atoms. The summed E-state index contributed by atoms with van der Waals surface area (Å²) in [7, 11) is 0. The maximum atomic E-state index is 12.7. The number of aromatic nitrogens is 2. The van der Waals surface area contributed by atoms with Crippen LogP contribution in [0.3, 0.4) is 0 Å². The Morgan fingerprint density at radius 3 is 2.21 bits per heavy atom. The number of anilines is 1. The molecule has 0 N–H and O–H groups in total. The van der Waals surface area contributed by atoms with Crippen molar-refractivity contribution in [3.63, 3.8) is 0 Å². The molecule has 1 amide bonds. The Kier molecular flexibility index (Phi) is 5.25. The SMILES string of the molecule is O=C(c1ccc(Br)cc1)N1CCN(c2ccc(=O)n(-c3ccccc3)n2)CC1. The van der Waals surface area contributed by atoms with Gasteiger partial charge in [0.2, 0.25) is 0 Å². The van der Waals surface area contributed by atoms with E-state index < -0.39 is 0 Å². The van der Waals surface area contributed by atoms with E-state index in [0.29, 0.717) is 31.7 Å². The molecule has 0 aliphatic carbocycles. The highest BCUT2D eigenvalue weighted by atomic mass is 79.9. The van der Waals surface area contributed by atoms with E-state index in [4.69, 9.17) is 0 Å². The van der Waals surface area contributed by atoms with Crippen LogP contribution in [0.25, 0.3) is 5.69 Å². The van der Waals surface area contributed by atoms with E-state index in [-0.39, 0.29) is 11.5 Å². The zero-order valence-electron chi connectivity index (χ0n) is 15.2. The zero-order valence-corrected chi connectivity index (χ0v) is 16.7. The number of amides is 1. The number of carbonyl (C=O) groups excluding carboxylic acids is 1. The topological polar surface area (TPSA) is 58.4 Å². The van der Waals surface area contributed by atoms with Gasteiger partial charge in [0, 0.05) is 42.3 Å². The van der Waals surface area contributed by atoms with Crippen molar-refractivity contribution in [2.24, 2.45) is 0 Å². The summed E-state index contributed by atoms with van der Waals surface area (Å²) in [5, 5.41) is 4.53. The molecule has 0 spiro atoms. The fourth-order valence-corrected chi connectivity index (χ4v) is 3.50. The molecule has 1 aliphatic heterocycles. The Balaban J connectivity index is 1.47.